The van der Waals surface area contributed by atoms with Crippen molar-refractivity contribution in [2.75, 3.05) is 7.11 Å². The standard InChI is InChI=1S/C12H10ClN3O/c1-7-3-4-10(17-2)8(5-7)12-15-9(6-14)11(13)16-12/h3-5H,1-2H3,(H,15,16). The summed E-state index contributed by atoms with van der Waals surface area (Å²) in [5, 5.41) is 9.05. The van der Waals surface area contributed by atoms with E-state index in [1.54, 1.807) is 7.11 Å². The summed E-state index contributed by atoms with van der Waals surface area (Å²) in [7, 11) is 1.59. The minimum absolute atomic E-state index is 0.185. The lowest BCUT2D eigenvalue weighted by Crippen LogP contribution is -1.90. The zero-order chi connectivity index (χ0) is 12.4. The number of aromatic nitrogens is 2. The predicted octanol–water partition coefficient (Wildman–Crippen LogP) is 2.92. The first-order valence-corrected chi connectivity index (χ1v) is 5.34. The summed E-state index contributed by atoms with van der Waals surface area (Å²) in [6.07, 6.45) is 0. The Bertz CT molecular complexity index is 598. The van der Waals surface area contributed by atoms with Crippen molar-refractivity contribution in [1.82, 2.24) is 9.97 Å². The number of hydrogen-bond donors (Lipinski definition) is 1. The molecule has 0 aliphatic carbocycles. The van der Waals surface area contributed by atoms with Gasteiger partial charge in [0, 0.05) is 0 Å². The van der Waals surface area contributed by atoms with Crippen LogP contribution in [-0.4, -0.2) is 17.1 Å². The summed E-state index contributed by atoms with van der Waals surface area (Å²) >= 11 is 5.85. The van der Waals surface area contributed by atoms with Crippen LogP contribution in [0, 0.1) is 18.3 Å². The van der Waals surface area contributed by atoms with Gasteiger partial charge in [-0.1, -0.05) is 23.2 Å². The molecule has 1 N–H and O–H groups in total. The Morgan fingerprint density at radius 3 is 2.82 bits per heavy atom. The molecule has 1 heterocycles. The highest BCUT2D eigenvalue weighted by molar-refractivity contribution is 6.30. The lowest BCUT2D eigenvalue weighted by atomic mass is 10.1. The van der Waals surface area contributed by atoms with Gasteiger partial charge in [0.05, 0.1) is 12.7 Å². The number of H-pyrrole nitrogens is 1. The molecule has 0 saturated carbocycles. The Labute approximate surface area is 104 Å². The van der Waals surface area contributed by atoms with E-state index in [1.165, 1.54) is 0 Å². The van der Waals surface area contributed by atoms with Crippen molar-refractivity contribution in [1.29, 1.82) is 5.26 Å². The van der Waals surface area contributed by atoms with Crippen molar-refractivity contribution in [2.24, 2.45) is 0 Å². The first-order chi connectivity index (χ1) is 8.15. The number of imidazole rings is 1. The van der Waals surface area contributed by atoms with Gasteiger partial charge in [-0.25, -0.2) is 4.98 Å². The minimum Gasteiger partial charge on any atom is -0.496 e. The van der Waals surface area contributed by atoms with Crippen molar-refractivity contribution >= 4 is 11.6 Å². The molecule has 0 unspecified atom stereocenters. The number of nitrogens with zero attached hydrogens (tertiary/aromatic N) is 2. The molecule has 0 bridgehead atoms. The summed E-state index contributed by atoms with van der Waals surface area (Å²) in [6.45, 7) is 1.97. The van der Waals surface area contributed by atoms with Crippen molar-refractivity contribution in [3.05, 3.63) is 34.6 Å². The molecule has 0 fully saturated rings. The van der Waals surface area contributed by atoms with Crippen LogP contribution < -0.4 is 4.74 Å². The fourth-order valence-electron chi connectivity index (χ4n) is 1.56. The quantitative estimate of drug-likeness (QED) is 0.888. The van der Waals surface area contributed by atoms with Gasteiger partial charge in [0.25, 0.3) is 0 Å². The highest BCUT2D eigenvalue weighted by Crippen LogP contribution is 2.30. The zero-order valence-electron chi connectivity index (χ0n) is 9.41. The van der Waals surface area contributed by atoms with Crippen LogP contribution in [0.1, 0.15) is 11.3 Å². The number of halogens is 1. The molecular formula is C12H10ClN3O. The lowest BCUT2D eigenvalue weighted by molar-refractivity contribution is 0.416. The van der Waals surface area contributed by atoms with E-state index in [0.717, 1.165) is 11.1 Å². The number of benzene rings is 1. The van der Waals surface area contributed by atoms with E-state index in [-0.39, 0.29) is 10.8 Å². The zero-order valence-corrected chi connectivity index (χ0v) is 10.2. The van der Waals surface area contributed by atoms with Gasteiger partial charge in [0.1, 0.15) is 22.8 Å². The summed E-state index contributed by atoms with van der Waals surface area (Å²) in [4.78, 5) is 6.99. The predicted molar refractivity (Wildman–Crippen MR) is 65.0 cm³/mol. The fourth-order valence-corrected chi connectivity index (χ4v) is 1.73. The number of ether oxygens (including phenoxy) is 1. The third-order valence-corrected chi connectivity index (χ3v) is 2.65. The molecule has 0 aliphatic rings. The molecular weight excluding hydrogens is 238 g/mol. The number of nitriles is 1. The van der Waals surface area contributed by atoms with Crippen molar-refractivity contribution in [2.45, 2.75) is 6.92 Å². The SMILES string of the molecule is COc1ccc(C)cc1-c1nc(C#N)c(Cl)[nH]1. The maximum atomic E-state index is 8.81. The fraction of sp³-hybridized carbons (Fsp3) is 0.167. The van der Waals surface area contributed by atoms with Crippen LogP contribution in [0.3, 0.4) is 0 Å². The second-order valence-electron chi connectivity index (χ2n) is 3.56. The summed E-state index contributed by atoms with van der Waals surface area (Å²) in [5.74, 6) is 1.22. The van der Waals surface area contributed by atoms with Crippen LogP contribution >= 0.6 is 11.6 Å². The molecule has 0 amide bonds. The third-order valence-electron chi connectivity index (χ3n) is 2.38. The molecule has 0 aliphatic heterocycles. The Kier molecular flexibility index (Phi) is 3.03. The molecule has 1 aromatic heterocycles. The molecule has 86 valence electrons. The molecule has 5 heteroatoms. The highest BCUT2D eigenvalue weighted by atomic mass is 35.5. The Morgan fingerprint density at radius 2 is 2.24 bits per heavy atom. The normalized spacial score (nSPS) is 10.0. The first kappa shape index (κ1) is 11.5. The van der Waals surface area contributed by atoms with Crippen LogP contribution in [-0.2, 0) is 0 Å². The second kappa shape index (κ2) is 4.48. The number of methoxy groups -OCH3 is 1. The van der Waals surface area contributed by atoms with E-state index < -0.39 is 0 Å². The van der Waals surface area contributed by atoms with E-state index in [0.29, 0.717) is 11.6 Å². The number of nitrogens with one attached hydrogen (secondary N) is 1. The van der Waals surface area contributed by atoms with E-state index in [9.17, 15) is 0 Å². The number of hydrogen-bond acceptors (Lipinski definition) is 3. The first-order valence-electron chi connectivity index (χ1n) is 4.96. The lowest BCUT2D eigenvalue weighted by Gasteiger charge is -2.06. The van der Waals surface area contributed by atoms with Gasteiger partial charge in [0.15, 0.2) is 5.69 Å². The van der Waals surface area contributed by atoms with Gasteiger partial charge in [-0.3, -0.25) is 0 Å². The minimum atomic E-state index is 0.185. The van der Waals surface area contributed by atoms with E-state index in [1.807, 2.05) is 31.2 Å². The van der Waals surface area contributed by atoms with Crippen LogP contribution in [0.4, 0.5) is 0 Å². The maximum absolute atomic E-state index is 8.81. The molecule has 1 aromatic carbocycles. The highest BCUT2D eigenvalue weighted by Gasteiger charge is 2.13. The van der Waals surface area contributed by atoms with Crippen LogP contribution in [0.15, 0.2) is 18.2 Å². The average Bonchev–Trinajstić information content (AvgIpc) is 2.70. The van der Waals surface area contributed by atoms with Crippen LogP contribution in [0.2, 0.25) is 5.15 Å². The Hall–Kier alpha value is -1.99. The van der Waals surface area contributed by atoms with E-state index in [4.69, 9.17) is 21.6 Å². The summed E-state index contributed by atoms with van der Waals surface area (Å²) in [6, 6.07) is 7.64. The van der Waals surface area contributed by atoms with Gasteiger partial charge in [-0.15, -0.1) is 0 Å². The van der Waals surface area contributed by atoms with Crippen LogP contribution in [0.5, 0.6) is 5.75 Å². The third kappa shape index (κ3) is 2.10. The number of rotatable bonds is 2. The van der Waals surface area contributed by atoms with Crippen molar-refractivity contribution in [3.8, 4) is 23.2 Å². The Morgan fingerprint density at radius 1 is 1.47 bits per heavy atom. The number of aromatic amines is 1. The van der Waals surface area contributed by atoms with Crippen molar-refractivity contribution in [3.63, 3.8) is 0 Å². The molecule has 0 saturated heterocycles. The van der Waals surface area contributed by atoms with Crippen molar-refractivity contribution < 1.29 is 4.74 Å². The molecule has 4 nitrogen and oxygen atoms in total. The molecule has 0 radical (unpaired) electrons. The maximum Gasteiger partial charge on any atom is 0.178 e. The summed E-state index contributed by atoms with van der Waals surface area (Å²) < 4.78 is 5.25. The monoisotopic (exact) mass is 247 g/mol. The molecule has 0 spiro atoms. The van der Waals surface area contributed by atoms with E-state index in [2.05, 4.69) is 9.97 Å². The molecule has 0 atom stereocenters. The number of aryl methyl sites for hydroxylation is 1. The second-order valence-corrected chi connectivity index (χ2v) is 3.94. The van der Waals surface area contributed by atoms with Gasteiger partial charge in [0.2, 0.25) is 0 Å². The summed E-state index contributed by atoms with van der Waals surface area (Å²) in [5.41, 5.74) is 2.05. The van der Waals surface area contributed by atoms with Gasteiger partial charge < -0.3 is 9.72 Å². The Balaban J connectivity index is 2.59. The topological polar surface area (TPSA) is 61.7 Å². The van der Waals surface area contributed by atoms with E-state index >= 15 is 0 Å². The average molecular weight is 248 g/mol. The van der Waals surface area contributed by atoms with Gasteiger partial charge in [-0.05, 0) is 19.1 Å². The largest absolute Gasteiger partial charge is 0.496 e. The van der Waals surface area contributed by atoms with Crippen LogP contribution in [0.25, 0.3) is 11.4 Å². The van der Waals surface area contributed by atoms with Gasteiger partial charge in [-0.2, -0.15) is 5.26 Å². The molecule has 2 aromatic rings. The van der Waals surface area contributed by atoms with Gasteiger partial charge >= 0.3 is 0 Å². The smallest absolute Gasteiger partial charge is 0.178 e. The molecule has 2 rings (SSSR count). The molecule has 17 heavy (non-hydrogen) atoms.